The largest absolute Gasteiger partial charge is 0.397 e. The molecule has 0 aromatic heterocycles. The second kappa shape index (κ2) is 4.95. The van der Waals surface area contributed by atoms with Crippen molar-refractivity contribution >= 4 is 17.1 Å². The van der Waals surface area contributed by atoms with Gasteiger partial charge in [-0.05, 0) is 49.3 Å². The van der Waals surface area contributed by atoms with Crippen LogP contribution >= 0.6 is 0 Å². The van der Waals surface area contributed by atoms with Crippen molar-refractivity contribution in [2.75, 3.05) is 29.5 Å². The zero-order valence-electron chi connectivity index (χ0n) is 11.7. The highest BCUT2D eigenvalue weighted by atomic mass is 15.1. The molecule has 1 aromatic carbocycles. The Kier molecular flexibility index (Phi) is 3.29. The summed E-state index contributed by atoms with van der Waals surface area (Å²) in [6, 6.07) is 6.05. The summed E-state index contributed by atoms with van der Waals surface area (Å²) in [4.78, 5) is 2.47. The lowest BCUT2D eigenvalue weighted by molar-refractivity contribution is 0.144. The molecule has 104 valence electrons. The van der Waals surface area contributed by atoms with Gasteiger partial charge in [0.25, 0.3) is 0 Å². The average Bonchev–Trinajstić information content (AvgIpc) is 2.44. The molecule has 1 spiro atoms. The summed E-state index contributed by atoms with van der Waals surface area (Å²) in [5.41, 5.74) is 15.0. The molecule has 1 aliphatic carbocycles. The number of benzene rings is 1. The Hall–Kier alpha value is -1.38. The first-order valence-electron chi connectivity index (χ1n) is 7.59. The van der Waals surface area contributed by atoms with E-state index in [0.29, 0.717) is 16.8 Å². The molecule has 1 saturated heterocycles. The molecule has 1 aromatic rings. The molecular formula is C16H25N3. The second-order valence-corrected chi connectivity index (χ2v) is 6.36. The van der Waals surface area contributed by atoms with Crippen molar-refractivity contribution in [2.45, 2.75) is 44.9 Å². The smallest absolute Gasteiger partial charge is 0.0568 e. The van der Waals surface area contributed by atoms with Crippen LogP contribution in [0.15, 0.2) is 18.2 Å². The van der Waals surface area contributed by atoms with Crippen LogP contribution in [0.4, 0.5) is 17.1 Å². The van der Waals surface area contributed by atoms with E-state index in [1.54, 1.807) is 0 Å². The molecule has 2 aliphatic rings. The minimum absolute atomic E-state index is 0.661. The van der Waals surface area contributed by atoms with E-state index in [-0.39, 0.29) is 0 Å². The Bertz CT molecular complexity index is 439. The van der Waals surface area contributed by atoms with E-state index >= 15 is 0 Å². The third kappa shape index (κ3) is 2.51. The predicted octanol–water partition coefficient (Wildman–Crippen LogP) is 3.40. The number of hydrogen-bond donors (Lipinski definition) is 2. The molecule has 0 radical (unpaired) electrons. The summed E-state index contributed by atoms with van der Waals surface area (Å²) in [6.07, 6.45) is 9.91. The van der Waals surface area contributed by atoms with Gasteiger partial charge in [-0.3, -0.25) is 0 Å². The SMILES string of the molecule is Nc1ccc(N2CCC3(CCCCC3)CC2)cc1N. The zero-order valence-corrected chi connectivity index (χ0v) is 11.7. The number of nitrogen functional groups attached to an aromatic ring is 2. The summed E-state index contributed by atoms with van der Waals surface area (Å²) >= 11 is 0. The van der Waals surface area contributed by atoms with Crippen LogP contribution in [0.25, 0.3) is 0 Å². The van der Waals surface area contributed by atoms with Crippen LogP contribution in [0.2, 0.25) is 0 Å². The highest BCUT2D eigenvalue weighted by molar-refractivity contribution is 5.69. The van der Waals surface area contributed by atoms with E-state index in [9.17, 15) is 0 Å². The molecule has 19 heavy (non-hydrogen) atoms. The van der Waals surface area contributed by atoms with Crippen molar-refractivity contribution in [1.82, 2.24) is 0 Å². The van der Waals surface area contributed by atoms with Crippen molar-refractivity contribution in [3.63, 3.8) is 0 Å². The molecule has 3 rings (SSSR count). The van der Waals surface area contributed by atoms with E-state index < -0.39 is 0 Å². The van der Waals surface area contributed by atoms with E-state index in [2.05, 4.69) is 11.0 Å². The third-order valence-electron chi connectivity index (χ3n) is 5.17. The molecule has 0 amide bonds. The Balaban J connectivity index is 1.67. The molecule has 3 nitrogen and oxygen atoms in total. The normalized spacial score (nSPS) is 22.6. The van der Waals surface area contributed by atoms with E-state index in [1.807, 2.05) is 12.1 Å². The zero-order chi connectivity index (χ0) is 13.3. The summed E-state index contributed by atoms with van der Waals surface area (Å²) in [6.45, 7) is 2.34. The fourth-order valence-electron chi connectivity index (χ4n) is 3.80. The molecule has 0 unspecified atom stereocenters. The second-order valence-electron chi connectivity index (χ2n) is 6.36. The molecule has 0 bridgehead atoms. The fraction of sp³-hybridized carbons (Fsp3) is 0.625. The van der Waals surface area contributed by atoms with E-state index in [0.717, 1.165) is 0 Å². The fourth-order valence-corrected chi connectivity index (χ4v) is 3.80. The number of nitrogens with two attached hydrogens (primary N) is 2. The minimum atomic E-state index is 0.661. The predicted molar refractivity (Wildman–Crippen MR) is 82.2 cm³/mol. The summed E-state index contributed by atoms with van der Waals surface area (Å²) < 4.78 is 0. The molecule has 0 atom stereocenters. The number of rotatable bonds is 1. The molecule has 2 fully saturated rings. The van der Waals surface area contributed by atoms with Crippen LogP contribution in [0.1, 0.15) is 44.9 Å². The highest BCUT2D eigenvalue weighted by Crippen LogP contribution is 2.45. The molecule has 3 heteroatoms. The number of piperidine rings is 1. The van der Waals surface area contributed by atoms with Gasteiger partial charge in [0.2, 0.25) is 0 Å². The summed E-state index contributed by atoms with van der Waals surface area (Å²) in [7, 11) is 0. The summed E-state index contributed by atoms with van der Waals surface area (Å²) in [5.74, 6) is 0. The first kappa shape index (κ1) is 12.6. The maximum atomic E-state index is 5.91. The number of nitrogens with zero attached hydrogens (tertiary/aromatic N) is 1. The Morgan fingerprint density at radius 2 is 1.53 bits per heavy atom. The molecule has 1 saturated carbocycles. The van der Waals surface area contributed by atoms with Gasteiger partial charge in [0.1, 0.15) is 0 Å². The van der Waals surface area contributed by atoms with Gasteiger partial charge in [0.15, 0.2) is 0 Å². The van der Waals surface area contributed by atoms with Gasteiger partial charge in [-0.2, -0.15) is 0 Å². The standard InChI is InChI=1S/C16H25N3/c17-14-5-4-13(12-15(14)18)19-10-8-16(9-11-19)6-2-1-3-7-16/h4-5,12H,1-3,6-11,17-18H2. The highest BCUT2D eigenvalue weighted by Gasteiger charge is 2.35. The van der Waals surface area contributed by atoms with Crippen LogP contribution < -0.4 is 16.4 Å². The third-order valence-corrected chi connectivity index (χ3v) is 5.17. The minimum Gasteiger partial charge on any atom is -0.397 e. The van der Waals surface area contributed by atoms with Gasteiger partial charge < -0.3 is 16.4 Å². The van der Waals surface area contributed by atoms with Crippen LogP contribution in [0.5, 0.6) is 0 Å². The average molecular weight is 259 g/mol. The monoisotopic (exact) mass is 259 g/mol. The maximum Gasteiger partial charge on any atom is 0.0568 e. The molecule has 1 aliphatic heterocycles. The maximum absolute atomic E-state index is 5.91. The van der Waals surface area contributed by atoms with Gasteiger partial charge in [0, 0.05) is 18.8 Å². The van der Waals surface area contributed by atoms with Gasteiger partial charge in [0.05, 0.1) is 11.4 Å². The topological polar surface area (TPSA) is 55.3 Å². The van der Waals surface area contributed by atoms with Gasteiger partial charge in [-0.15, -0.1) is 0 Å². The Labute approximate surface area is 116 Å². The van der Waals surface area contributed by atoms with E-state index in [1.165, 1.54) is 63.7 Å². The van der Waals surface area contributed by atoms with Gasteiger partial charge >= 0.3 is 0 Å². The van der Waals surface area contributed by atoms with Crippen molar-refractivity contribution in [1.29, 1.82) is 0 Å². The first-order chi connectivity index (χ1) is 9.19. The van der Waals surface area contributed by atoms with Crippen molar-refractivity contribution in [2.24, 2.45) is 5.41 Å². The van der Waals surface area contributed by atoms with Crippen molar-refractivity contribution < 1.29 is 0 Å². The number of hydrogen-bond acceptors (Lipinski definition) is 3. The Morgan fingerprint density at radius 3 is 2.16 bits per heavy atom. The first-order valence-corrected chi connectivity index (χ1v) is 7.59. The van der Waals surface area contributed by atoms with Gasteiger partial charge in [-0.25, -0.2) is 0 Å². The molecular weight excluding hydrogens is 234 g/mol. The van der Waals surface area contributed by atoms with Crippen LogP contribution in [-0.2, 0) is 0 Å². The lowest BCUT2D eigenvalue weighted by atomic mass is 9.68. The van der Waals surface area contributed by atoms with Crippen molar-refractivity contribution in [3.8, 4) is 0 Å². The van der Waals surface area contributed by atoms with Gasteiger partial charge in [-0.1, -0.05) is 19.3 Å². The van der Waals surface area contributed by atoms with Crippen LogP contribution in [0.3, 0.4) is 0 Å². The molecule has 4 N–H and O–H groups in total. The quantitative estimate of drug-likeness (QED) is 0.760. The van der Waals surface area contributed by atoms with Crippen molar-refractivity contribution in [3.05, 3.63) is 18.2 Å². The van der Waals surface area contributed by atoms with Crippen LogP contribution in [-0.4, -0.2) is 13.1 Å². The van der Waals surface area contributed by atoms with Crippen LogP contribution in [0, 0.1) is 5.41 Å². The van der Waals surface area contributed by atoms with E-state index in [4.69, 9.17) is 11.5 Å². The lowest BCUT2D eigenvalue weighted by Gasteiger charge is -2.45. The Morgan fingerprint density at radius 1 is 0.842 bits per heavy atom. The number of anilines is 3. The molecule has 1 heterocycles. The summed E-state index contributed by atoms with van der Waals surface area (Å²) in [5, 5.41) is 0. The lowest BCUT2D eigenvalue weighted by Crippen LogP contribution is -2.41.